The van der Waals surface area contributed by atoms with Crippen molar-refractivity contribution >= 4 is 50.6 Å². The van der Waals surface area contributed by atoms with Gasteiger partial charge < -0.3 is 19.7 Å². The minimum Gasteiger partial charge on any atom is -0.489 e. The highest BCUT2D eigenvalue weighted by molar-refractivity contribution is 7.89. The smallest absolute Gasteiger partial charge is 0.415 e. The van der Waals surface area contributed by atoms with Crippen molar-refractivity contribution in [2.45, 2.75) is 17.0 Å². The third-order valence-electron chi connectivity index (χ3n) is 6.17. The summed E-state index contributed by atoms with van der Waals surface area (Å²) in [5, 5.41) is 2.77. The van der Waals surface area contributed by atoms with Gasteiger partial charge in [0.2, 0.25) is 10.0 Å². The summed E-state index contributed by atoms with van der Waals surface area (Å²) in [6, 6.07) is 7.34. The average Bonchev–Trinajstić information content (AvgIpc) is 3.40. The summed E-state index contributed by atoms with van der Waals surface area (Å²) in [7, 11) is -1.71. The second-order valence-corrected chi connectivity index (χ2v) is 12.0. The van der Waals surface area contributed by atoms with Crippen LogP contribution in [0, 0.1) is 0 Å². The average molecular weight is 527 g/mol. The normalized spacial score (nSPS) is 23.1. The van der Waals surface area contributed by atoms with Gasteiger partial charge in [0.05, 0.1) is 26.3 Å². The number of anilines is 1. The van der Waals surface area contributed by atoms with Crippen molar-refractivity contribution in [1.82, 2.24) is 14.5 Å². The van der Waals surface area contributed by atoms with Gasteiger partial charge in [-0.15, -0.1) is 11.3 Å². The molecule has 34 heavy (non-hydrogen) atoms. The maximum atomic E-state index is 13.1. The van der Waals surface area contributed by atoms with Crippen LogP contribution in [0.5, 0.6) is 5.75 Å². The Morgan fingerprint density at radius 1 is 1.21 bits per heavy atom. The van der Waals surface area contributed by atoms with Gasteiger partial charge in [-0.3, -0.25) is 9.69 Å². The van der Waals surface area contributed by atoms with E-state index < -0.39 is 28.3 Å². The number of carbonyl (C=O) groups is 2. The molecule has 1 aromatic carbocycles. The van der Waals surface area contributed by atoms with Crippen molar-refractivity contribution in [2.75, 3.05) is 51.3 Å². The Morgan fingerprint density at radius 2 is 1.97 bits per heavy atom. The third-order valence-corrected chi connectivity index (χ3v) is 9.30. The maximum absolute atomic E-state index is 13.1. The molecular formula is C21H23ClN4O6S2. The number of rotatable bonds is 5. The summed E-state index contributed by atoms with van der Waals surface area (Å²) in [6.07, 6.45) is -1.18. The van der Waals surface area contributed by atoms with Crippen LogP contribution in [-0.2, 0) is 14.8 Å². The van der Waals surface area contributed by atoms with Crippen LogP contribution >= 0.6 is 22.9 Å². The molecule has 5 rings (SSSR count). The highest BCUT2D eigenvalue weighted by Crippen LogP contribution is 2.40. The van der Waals surface area contributed by atoms with E-state index in [1.165, 1.54) is 21.3 Å². The number of ether oxygens (including phenoxy) is 2. The van der Waals surface area contributed by atoms with Crippen LogP contribution in [0.4, 0.5) is 10.5 Å². The van der Waals surface area contributed by atoms with Crippen LogP contribution in [-0.4, -0.2) is 88.1 Å². The Hall–Kier alpha value is -2.38. The Kier molecular flexibility index (Phi) is 6.19. The van der Waals surface area contributed by atoms with Gasteiger partial charge >= 0.3 is 6.09 Å². The zero-order chi connectivity index (χ0) is 24.0. The number of nitrogens with one attached hydrogen (secondary N) is 1. The van der Waals surface area contributed by atoms with Crippen LogP contribution in [0.1, 0.15) is 9.67 Å². The number of fused-ring (bicyclic) bond motifs is 3. The molecule has 0 radical (unpaired) electrons. The van der Waals surface area contributed by atoms with Crippen LogP contribution in [0.2, 0.25) is 4.34 Å². The van der Waals surface area contributed by atoms with Crippen molar-refractivity contribution in [3.63, 3.8) is 0 Å². The molecule has 2 atom stereocenters. The Bertz CT molecular complexity index is 1230. The number of likely N-dealkylation sites (N-methyl/N-ethyl adjacent to an activating group) is 1. The van der Waals surface area contributed by atoms with Crippen LogP contribution in [0.3, 0.4) is 0 Å². The van der Waals surface area contributed by atoms with Crippen LogP contribution in [0.25, 0.3) is 0 Å². The van der Waals surface area contributed by atoms with Gasteiger partial charge in [0, 0.05) is 32.2 Å². The summed E-state index contributed by atoms with van der Waals surface area (Å²) in [5.74, 6) is 0.00333. The number of amides is 2. The lowest BCUT2D eigenvalue weighted by Gasteiger charge is -2.33. The lowest BCUT2D eigenvalue weighted by atomic mass is 10.1. The molecule has 0 unspecified atom stereocenters. The molecule has 13 heteroatoms. The second kappa shape index (κ2) is 9.00. The zero-order valence-corrected chi connectivity index (χ0v) is 20.7. The number of carbonyl (C=O) groups excluding carboxylic acids is 2. The molecule has 2 aromatic rings. The summed E-state index contributed by atoms with van der Waals surface area (Å²) >= 11 is 7.04. The third kappa shape index (κ3) is 4.24. The van der Waals surface area contributed by atoms with E-state index in [1.54, 1.807) is 18.2 Å². The van der Waals surface area contributed by atoms with E-state index >= 15 is 0 Å². The van der Waals surface area contributed by atoms with Crippen LogP contribution < -0.4 is 15.0 Å². The van der Waals surface area contributed by atoms with Crippen molar-refractivity contribution in [3.8, 4) is 5.75 Å². The SMILES string of the molecule is CN1CCN(S(=O)(=O)c2ccc3c(c2)OC[C@H]2[C@H](CNC(=O)c4ccc(Cl)s4)OC(=O)N32)CC1. The molecule has 3 aliphatic heterocycles. The van der Waals surface area contributed by atoms with Gasteiger partial charge in [0.15, 0.2) is 0 Å². The number of hydrogen-bond donors (Lipinski definition) is 1. The molecule has 4 heterocycles. The summed E-state index contributed by atoms with van der Waals surface area (Å²) in [5.41, 5.74) is 0.442. The molecule has 0 aliphatic carbocycles. The highest BCUT2D eigenvalue weighted by Gasteiger charge is 2.47. The number of nitrogens with zero attached hydrogens (tertiary/aromatic N) is 3. The molecule has 0 bridgehead atoms. The molecule has 182 valence electrons. The van der Waals surface area contributed by atoms with E-state index in [-0.39, 0.29) is 24.0 Å². The van der Waals surface area contributed by atoms with Gasteiger partial charge in [0.1, 0.15) is 24.5 Å². The first-order valence-corrected chi connectivity index (χ1v) is 13.4. The summed E-state index contributed by atoms with van der Waals surface area (Å²) < 4.78 is 39.5. The van der Waals surface area contributed by atoms with Gasteiger partial charge in [-0.05, 0) is 31.3 Å². The monoisotopic (exact) mass is 526 g/mol. The number of sulfonamides is 1. The van der Waals surface area contributed by atoms with E-state index in [0.717, 1.165) is 11.3 Å². The molecular weight excluding hydrogens is 504 g/mol. The minimum absolute atomic E-state index is 0.107. The highest BCUT2D eigenvalue weighted by atomic mass is 35.5. The Morgan fingerprint density at radius 3 is 2.68 bits per heavy atom. The fourth-order valence-electron chi connectivity index (χ4n) is 4.24. The number of benzene rings is 1. The Balaban J connectivity index is 1.30. The predicted molar refractivity (Wildman–Crippen MR) is 126 cm³/mol. The first-order chi connectivity index (χ1) is 16.2. The molecule has 3 aliphatic rings. The van der Waals surface area contributed by atoms with Gasteiger partial charge in [-0.2, -0.15) is 4.31 Å². The topological polar surface area (TPSA) is 108 Å². The number of piperazine rings is 1. The molecule has 2 fully saturated rings. The molecule has 1 aromatic heterocycles. The number of thiophene rings is 1. The number of cyclic esters (lactones) is 1. The van der Waals surface area contributed by atoms with Crippen molar-refractivity contribution in [2.24, 2.45) is 0 Å². The lowest BCUT2D eigenvalue weighted by molar-refractivity contribution is 0.0890. The summed E-state index contributed by atoms with van der Waals surface area (Å²) in [4.78, 5) is 29.1. The maximum Gasteiger partial charge on any atom is 0.415 e. The molecule has 2 saturated heterocycles. The van der Waals surface area contributed by atoms with Crippen molar-refractivity contribution < 1.29 is 27.5 Å². The molecule has 0 spiro atoms. The first-order valence-electron chi connectivity index (χ1n) is 10.7. The van der Waals surface area contributed by atoms with Gasteiger partial charge in [-0.25, -0.2) is 13.2 Å². The van der Waals surface area contributed by atoms with Crippen molar-refractivity contribution in [3.05, 3.63) is 39.5 Å². The Labute approximate surface area is 206 Å². The number of halogens is 1. The second-order valence-electron chi connectivity index (χ2n) is 8.32. The lowest BCUT2D eigenvalue weighted by Crippen LogP contribution is -2.48. The molecule has 1 N–H and O–H groups in total. The van der Waals surface area contributed by atoms with Gasteiger partial charge in [0.25, 0.3) is 5.91 Å². The van der Waals surface area contributed by atoms with Crippen molar-refractivity contribution in [1.29, 1.82) is 0 Å². The minimum atomic E-state index is -3.67. The first kappa shape index (κ1) is 23.4. The van der Waals surface area contributed by atoms with E-state index in [1.807, 2.05) is 7.05 Å². The number of hydrogen-bond acceptors (Lipinski definition) is 8. The molecule has 0 saturated carbocycles. The van der Waals surface area contributed by atoms with Crippen LogP contribution in [0.15, 0.2) is 35.2 Å². The molecule has 2 amide bonds. The van der Waals surface area contributed by atoms with E-state index in [9.17, 15) is 18.0 Å². The molecule has 10 nitrogen and oxygen atoms in total. The summed E-state index contributed by atoms with van der Waals surface area (Å²) in [6.45, 7) is 2.39. The van der Waals surface area contributed by atoms with E-state index in [2.05, 4.69) is 10.2 Å². The van der Waals surface area contributed by atoms with E-state index in [4.69, 9.17) is 21.1 Å². The quantitative estimate of drug-likeness (QED) is 0.633. The van der Waals surface area contributed by atoms with E-state index in [0.29, 0.717) is 46.8 Å². The standard InChI is InChI=1S/C21H23ClN4O6S2/c1-24-6-8-25(9-7-24)34(29,30)13-2-3-14-16(10-13)31-12-15-17(32-21(28)26(14)15)11-23-20(27)18-4-5-19(22)33-18/h2-5,10,15,17H,6-9,11-12H2,1H3,(H,23,27)/t15-,17-/m0/s1. The zero-order valence-electron chi connectivity index (χ0n) is 18.3. The predicted octanol–water partition coefficient (Wildman–Crippen LogP) is 1.85. The van der Waals surface area contributed by atoms with Gasteiger partial charge in [-0.1, -0.05) is 11.6 Å². The largest absolute Gasteiger partial charge is 0.489 e. The fourth-order valence-corrected chi connectivity index (χ4v) is 6.64. The fraction of sp³-hybridized carbons (Fsp3) is 0.429.